The van der Waals surface area contributed by atoms with Crippen LogP contribution in [0.4, 0.5) is 23.2 Å². The van der Waals surface area contributed by atoms with Crippen LogP contribution in [0.3, 0.4) is 0 Å². The molecule has 2 atom stereocenters. The summed E-state index contributed by atoms with van der Waals surface area (Å²) >= 11 is 2.59. The molecule has 0 radical (unpaired) electrons. The van der Waals surface area contributed by atoms with Gasteiger partial charge in [-0.3, -0.25) is 0 Å². The molecule has 0 bridgehead atoms. The van der Waals surface area contributed by atoms with E-state index in [0.717, 1.165) is 16.2 Å². The van der Waals surface area contributed by atoms with Gasteiger partial charge in [0.15, 0.2) is 5.60 Å². The van der Waals surface area contributed by atoms with Gasteiger partial charge in [-0.1, -0.05) is 18.2 Å². The average Bonchev–Trinajstić information content (AvgIpc) is 3.44. The number of alkyl halides is 3. The number of nitrogens with zero attached hydrogens (tertiary/aromatic N) is 2. The number of aliphatic hydroxyl groups is 1. The van der Waals surface area contributed by atoms with Gasteiger partial charge in [-0.2, -0.15) is 4.31 Å². The third-order valence-electron chi connectivity index (χ3n) is 6.05. The highest BCUT2D eigenvalue weighted by atomic mass is 32.2. The highest BCUT2D eigenvalue weighted by molar-refractivity contribution is 7.99. The molecule has 2 heterocycles. The van der Waals surface area contributed by atoms with Gasteiger partial charge in [0.2, 0.25) is 0 Å². The summed E-state index contributed by atoms with van der Waals surface area (Å²) in [5, 5.41) is 11.7. The van der Waals surface area contributed by atoms with Gasteiger partial charge in [-0.25, -0.2) is 26.0 Å². The summed E-state index contributed by atoms with van der Waals surface area (Å²) in [5.74, 6) is 0.110. The lowest BCUT2D eigenvalue weighted by Gasteiger charge is -2.42. The molecule has 0 aliphatic carbocycles. The molecule has 4 rings (SSSR count). The zero-order valence-corrected chi connectivity index (χ0v) is 21.4. The molecule has 0 saturated carbocycles. The third-order valence-corrected chi connectivity index (χ3v) is 10.4. The molecule has 36 heavy (non-hydrogen) atoms. The van der Waals surface area contributed by atoms with Gasteiger partial charge in [-0.15, -0.1) is 23.1 Å². The van der Waals surface area contributed by atoms with Gasteiger partial charge in [0.25, 0.3) is 16.4 Å². The minimum atomic E-state index is -3.68. The van der Waals surface area contributed by atoms with E-state index in [0.29, 0.717) is 18.0 Å². The van der Waals surface area contributed by atoms with Gasteiger partial charge in [0.05, 0.1) is 6.04 Å². The van der Waals surface area contributed by atoms with E-state index in [1.807, 2.05) is 4.90 Å². The highest BCUT2D eigenvalue weighted by Crippen LogP contribution is 2.33. The molecular formula is C24H24F4N2O3S3. The summed E-state index contributed by atoms with van der Waals surface area (Å²) in [6, 6.07) is 14.5. The normalized spacial score (nSPS) is 18.9. The lowest BCUT2D eigenvalue weighted by atomic mass is 9.95. The maximum atomic E-state index is 13.3. The summed E-state index contributed by atoms with van der Waals surface area (Å²) in [7, 11) is -3.68. The fourth-order valence-electron chi connectivity index (χ4n) is 3.99. The van der Waals surface area contributed by atoms with Crippen LogP contribution in [-0.2, 0) is 15.6 Å². The molecule has 194 valence electrons. The second-order valence-corrected chi connectivity index (χ2v) is 12.5. The van der Waals surface area contributed by atoms with E-state index >= 15 is 0 Å². The molecular weight excluding hydrogens is 536 g/mol. The maximum absolute atomic E-state index is 13.3. The first-order valence-corrected chi connectivity index (χ1v) is 14.3. The molecule has 1 N–H and O–H groups in total. The number of hydrogen-bond acceptors (Lipinski definition) is 6. The summed E-state index contributed by atoms with van der Waals surface area (Å²) < 4.78 is 81.0. The molecule has 5 nitrogen and oxygen atoms in total. The first-order valence-electron chi connectivity index (χ1n) is 11.0. The van der Waals surface area contributed by atoms with Crippen LogP contribution < -0.4 is 4.90 Å². The van der Waals surface area contributed by atoms with E-state index in [-0.39, 0.29) is 34.7 Å². The molecule has 1 aliphatic rings. The number of rotatable bonds is 9. The Kier molecular flexibility index (Phi) is 8.30. The van der Waals surface area contributed by atoms with Crippen molar-refractivity contribution in [3.05, 3.63) is 77.4 Å². The van der Waals surface area contributed by atoms with Gasteiger partial charge in [-0.05, 0) is 53.4 Å². The first kappa shape index (κ1) is 26.9. The number of sulfonamides is 1. The second-order valence-electron chi connectivity index (χ2n) is 8.31. The minimum Gasteiger partial charge on any atom is -0.377 e. The Hall–Kier alpha value is -2.12. The number of halogens is 4. The number of hydrogen-bond donors (Lipinski definition) is 1. The van der Waals surface area contributed by atoms with Crippen LogP contribution in [0.25, 0.3) is 0 Å². The number of anilines is 1. The van der Waals surface area contributed by atoms with Crippen LogP contribution in [0, 0.1) is 5.82 Å². The molecule has 1 fully saturated rings. The summed E-state index contributed by atoms with van der Waals surface area (Å²) in [6.45, 7) is -0.895. The Balaban J connectivity index is 1.58. The lowest BCUT2D eigenvalue weighted by Crippen LogP contribution is -2.55. The fraction of sp³-hybridized carbons (Fsp3) is 0.333. The summed E-state index contributed by atoms with van der Waals surface area (Å²) in [5.41, 5.74) is -2.49. The van der Waals surface area contributed by atoms with Crippen molar-refractivity contribution >= 4 is 38.8 Å². The Morgan fingerprint density at radius 2 is 1.78 bits per heavy atom. The maximum Gasteiger partial charge on any atom is 0.273 e. The van der Waals surface area contributed by atoms with E-state index in [2.05, 4.69) is 0 Å². The predicted octanol–water partition coefficient (Wildman–Crippen LogP) is 4.98. The van der Waals surface area contributed by atoms with E-state index < -0.39 is 28.7 Å². The van der Waals surface area contributed by atoms with E-state index in [4.69, 9.17) is 0 Å². The van der Waals surface area contributed by atoms with Crippen molar-refractivity contribution in [3.8, 4) is 0 Å². The Bertz CT molecular complexity index is 1240. The molecule has 0 amide bonds. The van der Waals surface area contributed by atoms with E-state index in [1.54, 1.807) is 29.6 Å². The Morgan fingerprint density at radius 1 is 1.08 bits per heavy atom. The van der Waals surface area contributed by atoms with Crippen molar-refractivity contribution in [1.29, 1.82) is 0 Å². The molecule has 1 saturated heterocycles. The average molecular weight is 561 g/mol. The zero-order valence-electron chi connectivity index (χ0n) is 18.9. The summed E-state index contributed by atoms with van der Waals surface area (Å²) in [4.78, 5) is 2.78. The van der Waals surface area contributed by atoms with Crippen molar-refractivity contribution in [1.82, 2.24) is 4.31 Å². The van der Waals surface area contributed by atoms with Crippen molar-refractivity contribution in [3.63, 3.8) is 0 Å². The number of benzene rings is 2. The molecule has 1 aliphatic heterocycles. The largest absolute Gasteiger partial charge is 0.377 e. The number of thioether (sulfide) groups is 1. The SMILES string of the molecule is O=S(=O)(c1cccs1)N1CCN(c2ccc(C(O)(CF)C(F)F)cc2)[C@@H](CSc2ccc(F)cc2)C1. The van der Waals surface area contributed by atoms with Crippen LogP contribution in [0.5, 0.6) is 0 Å². The predicted molar refractivity (Wildman–Crippen MR) is 134 cm³/mol. The van der Waals surface area contributed by atoms with Crippen molar-refractivity contribution in [2.45, 2.75) is 27.2 Å². The van der Waals surface area contributed by atoms with Crippen LogP contribution in [0.2, 0.25) is 0 Å². The Morgan fingerprint density at radius 3 is 2.36 bits per heavy atom. The highest BCUT2D eigenvalue weighted by Gasteiger charge is 2.40. The molecule has 12 heteroatoms. The van der Waals surface area contributed by atoms with Crippen LogP contribution in [0.15, 0.2) is 75.1 Å². The lowest BCUT2D eigenvalue weighted by molar-refractivity contribution is -0.114. The topological polar surface area (TPSA) is 60.9 Å². The van der Waals surface area contributed by atoms with E-state index in [1.165, 1.54) is 52.5 Å². The van der Waals surface area contributed by atoms with Crippen LogP contribution >= 0.6 is 23.1 Å². The number of thiophene rings is 1. The monoisotopic (exact) mass is 560 g/mol. The smallest absolute Gasteiger partial charge is 0.273 e. The van der Waals surface area contributed by atoms with Crippen LogP contribution in [-0.4, -0.2) is 62.4 Å². The van der Waals surface area contributed by atoms with Gasteiger partial charge in [0.1, 0.15) is 16.7 Å². The van der Waals surface area contributed by atoms with Crippen LogP contribution in [0.1, 0.15) is 5.56 Å². The third kappa shape index (κ3) is 5.57. The molecule has 2 aromatic carbocycles. The van der Waals surface area contributed by atoms with Crippen molar-refractivity contribution < 1.29 is 31.1 Å². The first-order chi connectivity index (χ1) is 17.1. The van der Waals surface area contributed by atoms with Gasteiger partial charge >= 0.3 is 0 Å². The summed E-state index contributed by atoms with van der Waals surface area (Å²) in [6.07, 6.45) is -3.29. The molecule has 0 spiro atoms. The van der Waals surface area contributed by atoms with Gasteiger partial charge in [0, 0.05) is 36.0 Å². The standard InChI is InChI=1S/C24H24F4N2O3S3/c25-16-24(31,23(27)28)17-3-7-19(8-4-17)30-12-11-29(36(32,33)22-2-1-13-34-22)14-20(30)15-35-21-9-5-18(26)6-10-21/h1-10,13,20,23,31H,11-12,14-16H2/t20-,24?/m1/s1. The molecule has 3 aromatic rings. The van der Waals surface area contributed by atoms with Gasteiger partial charge < -0.3 is 10.0 Å². The molecule has 1 unspecified atom stereocenters. The van der Waals surface area contributed by atoms with Crippen molar-refractivity contribution in [2.75, 3.05) is 37.0 Å². The Labute approximate surface area is 215 Å². The zero-order chi connectivity index (χ0) is 25.9. The minimum absolute atomic E-state index is 0.182. The quantitative estimate of drug-likeness (QED) is 0.296. The number of piperazine rings is 1. The van der Waals surface area contributed by atoms with Crippen molar-refractivity contribution in [2.24, 2.45) is 0 Å². The molecule has 1 aromatic heterocycles. The van der Waals surface area contributed by atoms with E-state index in [9.17, 15) is 31.1 Å². The fourth-order valence-corrected chi connectivity index (χ4v) is 7.60. The second kappa shape index (κ2) is 11.1.